The standard InChI is InChI=1S/C19H24N6O2/c1-4-25-17(10-14(2)23-25)19(26)21-8-9-27-18-7-5-6-16(15(18)3)11-24-13-20-12-22-24/h5-7,10,12-13H,4,8-9,11H2,1-3H3,(H,21,26). The molecule has 1 aromatic carbocycles. The summed E-state index contributed by atoms with van der Waals surface area (Å²) in [5.74, 6) is 0.661. The first-order chi connectivity index (χ1) is 13.1. The van der Waals surface area contributed by atoms with Crippen molar-refractivity contribution >= 4 is 5.91 Å². The fraction of sp³-hybridized carbons (Fsp3) is 0.368. The lowest BCUT2D eigenvalue weighted by atomic mass is 10.1. The van der Waals surface area contributed by atoms with Crippen LogP contribution in [0.25, 0.3) is 0 Å². The maximum absolute atomic E-state index is 12.3. The highest BCUT2D eigenvalue weighted by Crippen LogP contribution is 2.21. The van der Waals surface area contributed by atoms with Crippen molar-refractivity contribution in [2.75, 3.05) is 13.2 Å². The fourth-order valence-corrected chi connectivity index (χ4v) is 2.86. The third kappa shape index (κ3) is 4.52. The Morgan fingerprint density at radius 3 is 2.89 bits per heavy atom. The number of aromatic nitrogens is 5. The van der Waals surface area contributed by atoms with Crippen LogP contribution in [0, 0.1) is 13.8 Å². The summed E-state index contributed by atoms with van der Waals surface area (Å²) in [4.78, 5) is 16.3. The Hall–Kier alpha value is -3.16. The van der Waals surface area contributed by atoms with Crippen molar-refractivity contribution in [1.29, 1.82) is 0 Å². The molecule has 0 fully saturated rings. The van der Waals surface area contributed by atoms with Crippen molar-refractivity contribution in [3.63, 3.8) is 0 Å². The van der Waals surface area contributed by atoms with Crippen molar-refractivity contribution in [1.82, 2.24) is 29.9 Å². The number of rotatable bonds is 8. The summed E-state index contributed by atoms with van der Waals surface area (Å²) >= 11 is 0. The third-order valence-corrected chi connectivity index (χ3v) is 4.27. The topological polar surface area (TPSA) is 86.9 Å². The van der Waals surface area contributed by atoms with E-state index in [0.29, 0.717) is 31.9 Å². The maximum atomic E-state index is 12.3. The molecule has 0 aliphatic carbocycles. The summed E-state index contributed by atoms with van der Waals surface area (Å²) in [6.07, 6.45) is 3.20. The van der Waals surface area contributed by atoms with E-state index in [-0.39, 0.29) is 5.91 Å². The Balaban J connectivity index is 1.54. The van der Waals surface area contributed by atoms with E-state index >= 15 is 0 Å². The highest BCUT2D eigenvalue weighted by atomic mass is 16.5. The van der Waals surface area contributed by atoms with Crippen LogP contribution in [0.5, 0.6) is 5.75 Å². The number of nitrogens with zero attached hydrogens (tertiary/aromatic N) is 5. The Kier molecular flexibility index (Phi) is 5.85. The number of aryl methyl sites for hydroxylation is 2. The summed E-state index contributed by atoms with van der Waals surface area (Å²) < 4.78 is 9.33. The summed E-state index contributed by atoms with van der Waals surface area (Å²) in [6, 6.07) is 7.71. The molecule has 1 amide bonds. The minimum atomic E-state index is -0.141. The van der Waals surface area contributed by atoms with E-state index in [0.717, 1.165) is 22.6 Å². The number of amides is 1. The van der Waals surface area contributed by atoms with Crippen LogP contribution < -0.4 is 10.1 Å². The molecule has 0 spiro atoms. The zero-order valence-electron chi connectivity index (χ0n) is 15.8. The number of carbonyl (C=O) groups excluding carboxylic acids is 1. The molecular weight excluding hydrogens is 344 g/mol. The van der Waals surface area contributed by atoms with E-state index in [9.17, 15) is 4.79 Å². The average molecular weight is 368 g/mol. The van der Waals surface area contributed by atoms with Crippen LogP contribution in [0.3, 0.4) is 0 Å². The number of benzene rings is 1. The van der Waals surface area contributed by atoms with Crippen molar-refractivity contribution < 1.29 is 9.53 Å². The van der Waals surface area contributed by atoms with Gasteiger partial charge in [-0.1, -0.05) is 12.1 Å². The lowest BCUT2D eigenvalue weighted by Crippen LogP contribution is -2.30. The Labute approximate surface area is 158 Å². The van der Waals surface area contributed by atoms with Gasteiger partial charge in [-0.2, -0.15) is 10.2 Å². The van der Waals surface area contributed by atoms with Gasteiger partial charge in [-0.25, -0.2) is 9.67 Å². The lowest BCUT2D eigenvalue weighted by molar-refractivity contribution is 0.0936. The largest absolute Gasteiger partial charge is 0.491 e. The van der Waals surface area contributed by atoms with Gasteiger partial charge in [-0.05, 0) is 44.0 Å². The predicted molar refractivity (Wildman–Crippen MR) is 101 cm³/mol. The third-order valence-electron chi connectivity index (χ3n) is 4.27. The van der Waals surface area contributed by atoms with Crippen molar-refractivity contribution in [2.24, 2.45) is 0 Å². The fourth-order valence-electron chi connectivity index (χ4n) is 2.86. The van der Waals surface area contributed by atoms with Gasteiger partial charge in [0.2, 0.25) is 0 Å². The number of nitrogens with one attached hydrogen (secondary N) is 1. The molecule has 2 aromatic heterocycles. The van der Waals surface area contributed by atoms with E-state index in [1.807, 2.05) is 39.0 Å². The molecule has 0 bridgehead atoms. The highest BCUT2D eigenvalue weighted by Gasteiger charge is 2.12. The Morgan fingerprint density at radius 2 is 2.15 bits per heavy atom. The average Bonchev–Trinajstić information content (AvgIpc) is 3.30. The van der Waals surface area contributed by atoms with Crippen LogP contribution in [0.15, 0.2) is 36.9 Å². The molecule has 0 saturated heterocycles. The Morgan fingerprint density at radius 1 is 1.30 bits per heavy atom. The smallest absolute Gasteiger partial charge is 0.269 e. The van der Waals surface area contributed by atoms with Crippen molar-refractivity contribution in [3.8, 4) is 5.75 Å². The summed E-state index contributed by atoms with van der Waals surface area (Å²) in [5, 5.41) is 11.3. The maximum Gasteiger partial charge on any atom is 0.269 e. The number of ether oxygens (including phenoxy) is 1. The summed E-state index contributed by atoms with van der Waals surface area (Å²) in [5.41, 5.74) is 3.57. The van der Waals surface area contributed by atoms with Gasteiger partial charge in [0.15, 0.2) is 0 Å². The molecule has 142 valence electrons. The summed E-state index contributed by atoms with van der Waals surface area (Å²) in [6.45, 7) is 7.95. The minimum absolute atomic E-state index is 0.141. The molecule has 27 heavy (non-hydrogen) atoms. The van der Waals surface area contributed by atoms with Crippen LogP contribution in [-0.2, 0) is 13.1 Å². The van der Waals surface area contributed by atoms with Gasteiger partial charge in [0.05, 0.1) is 18.8 Å². The zero-order chi connectivity index (χ0) is 19.2. The first-order valence-electron chi connectivity index (χ1n) is 8.94. The van der Waals surface area contributed by atoms with Crippen LogP contribution in [0.4, 0.5) is 0 Å². The molecule has 0 saturated carbocycles. The molecule has 0 unspecified atom stereocenters. The first kappa shape index (κ1) is 18.6. The van der Waals surface area contributed by atoms with Gasteiger partial charge in [-0.15, -0.1) is 0 Å². The van der Waals surface area contributed by atoms with Gasteiger partial charge in [0.1, 0.15) is 30.7 Å². The molecule has 8 heteroatoms. The van der Waals surface area contributed by atoms with Gasteiger partial charge in [0.25, 0.3) is 5.91 Å². The molecule has 1 N–H and O–H groups in total. The zero-order valence-corrected chi connectivity index (χ0v) is 15.8. The van der Waals surface area contributed by atoms with E-state index in [1.54, 1.807) is 21.8 Å². The molecule has 3 aromatic rings. The number of carbonyl (C=O) groups is 1. The monoisotopic (exact) mass is 368 g/mol. The van der Waals surface area contributed by atoms with Crippen LogP contribution in [-0.4, -0.2) is 43.6 Å². The van der Waals surface area contributed by atoms with Gasteiger partial charge in [-0.3, -0.25) is 9.48 Å². The summed E-state index contributed by atoms with van der Waals surface area (Å²) in [7, 11) is 0. The highest BCUT2D eigenvalue weighted by molar-refractivity contribution is 5.92. The predicted octanol–water partition coefficient (Wildman–Crippen LogP) is 1.97. The van der Waals surface area contributed by atoms with Crippen LogP contribution in [0.2, 0.25) is 0 Å². The first-order valence-corrected chi connectivity index (χ1v) is 8.94. The van der Waals surface area contributed by atoms with Crippen LogP contribution in [0.1, 0.15) is 34.2 Å². The molecule has 0 radical (unpaired) electrons. The van der Waals surface area contributed by atoms with Gasteiger partial charge >= 0.3 is 0 Å². The van der Waals surface area contributed by atoms with Crippen LogP contribution >= 0.6 is 0 Å². The van der Waals surface area contributed by atoms with Crippen molar-refractivity contribution in [3.05, 3.63) is 59.4 Å². The molecule has 8 nitrogen and oxygen atoms in total. The minimum Gasteiger partial charge on any atom is -0.491 e. The van der Waals surface area contributed by atoms with E-state index < -0.39 is 0 Å². The SMILES string of the molecule is CCn1nc(C)cc1C(=O)NCCOc1cccc(Cn2cncn2)c1C. The molecule has 2 heterocycles. The molecule has 3 rings (SSSR count). The molecular formula is C19H24N6O2. The van der Waals surface area contributed by atoms with E-state index in [1.165, 1.54) is 6.33 Å². The normalized spacial score (nSPS) is 10.8. The van der Waals surface area contributed by atoms with Gasteiger partial charge in [0, 0.05) is 6.54 Å². The van der Waals surface area contributed by atoms with Crippen molar-refractivity contribution in [2.45, 2.75) is 33.9 Å². The second kappa shape index (κ2) is 8.48. The number of hydrogen-bond donors (Lipinski definition) is 1. The lowest BCUT2D eigenvalue weighted by Gasteiger charge is -2.13. The van der Waals surface area contributed by atoms with Gasteiger partial charge < -0.3 is 10.1 Å². The molecule has 0 aliphatic rings. The second-order valence-corrected chi connectivity index (χ2v) is 6.22. The molecule has 0 atom stereocenters. The van der Waals surface area contributed by atoms with E-state index in [4.69, 9.17) is 4.74 Å². The quantitative estimate of drug-likeness (QED) is 0.614. The Bertz CT molecular complexity index is 901. The molecule has 0 aliphatic heterocycles. The second-order valence-electron chi connectivity index (χ2n) is 6.22. The van der Waals surface area contributed by atoms with E-state index in [2.05, 4.69) is 20.5 Å². The number of hydrogen-bond acceptors (Lipinski definition) is 5.